The Morgan fingerprint density at radius 1 is 1.29 bits per heavy atom. The third-order valence-electron chi connectivity index (χ3n) is 2.90. The summed E-state index contributed by atoms with van der Waals surface area (Å²) in [4.78, 5) is 11.1. The number of aromatic hydroxyl groups is 1. The van der Waals surface area contributed by atoms with Gasteiger partial charge >= 0.3 is 0 Å². The maximum absolute atomic E-state index is 11.1. The molecule has 1 aromatic heterocycles. The normalized spacial score (nSPS) is 14.8. The van der Waals surface area contributed by atoms with Crippen LogP contribution in [0.1, 0.15) is 34.9 Å². The predicted octanol–water partition coefficient (Wildman–Crippen LogP) is 1.66. The largest absolute Gasteiger partial charge is 0.508 e. The zero-order chi connectivity index (χ0) is 11.8. The molecule has 0 atom stereocenters. The van der Waals surface area contributed by atoms with Gasteiger partial charge in [0.1, 0.15) is 11.4 Å². The number of phenols is 1. The number of carbonyl (C=O) groups is 1. The molecule has 1 aromatic carbocycles. The van der Waals surface area contributed by atoms with Crippen LogP contribution in [0.2, 0.25) is 0 Å². The maximum Gasteiger partial charge on any atom is 0.170 e. The van der Waals surface area contributed by atoms with Gasteiger partial charge in [0.15, 0.2) is 6.29 Å². The quantitative estimate of drug-likeness (QED) is 0.813. The molecule has 3 rings (SSSR count). The summed E-state index contributed by atoms with van der Waals surface area (Å²) < 4.78 is 1.51. The van der Waals surface area contributed by atoms with E-state index in [0.717, 1.165) is 30.5 Å². The molecule has 0 bridgehead atoms. The molecular formula is C12H11N3O2. The van der Waals surface area contributed by atoms with Crippen LogP contribution in [0.3, 0.4) is 0 Å². The Morgan fingerprint density at radius 3 is 2.59 bits per heavy atom. The summed E-state index contributed by atoms with van der Waals surface area (Å²) >= 11 is 0. The molecule has 0 spiro atoms. The van der Waals surface area contributed by atoms with Crippen molar-refractivity contribution >= 4 is 6.29 Å². The van der Waals surface area contributed by atoms with Crippen molar-refractivity contribution in [1.82, 2.24) is 15.0 Å². The SMILES string of the molecule is O=Cc1c(C2CC2)nnn1-c1ccc(O)cc1. The van der Waals surface area contributed by atoms with Gasteiger partial charge in [0.25, 0.3) is 0 Å². The summed E-state index contributed by atoms with van der Waals surface area (Å²) in [7, 11) is 0. The van der Waals surface area contributed by atoms with E-state index in [-0.39, 0.29) is 5.75 Å². The van der Waals surface area contributed by atoms with Gasteiger partial charge in [-0.3, -0.25) is 4.79 Å². The van der Waals surface area contributed by atoms with Crippen LogP contribution in [0.4, 0.5) is 0 Å². The molecule has 5 heteroatoms. The molecule has 0 radical (unpaired) electrons. The van der Waals surface area contributed by atoms with Crippen molar-refractivity contribution in [3.05, 3.63) is 35.7 Å². The van der Waals surface area contributed by atoms with E-state index in [2.05, 4.69) is 10.3 Å². The van der Waals surface area contributed by atoms with Crippen molar-refractivity contribution in [3.63, 3.8) is 0 Å². The first kappa shape index (κ1) is 10.0. The lowest BCUT2D eigenvalue weighted by atomic mass is 10.2. The van der Waals surface area contributed by atoms with Crippen LogP contribution in [0.5, 0.6) is 5.75 Å². The van der Waals surface area contributed by atoms with Gasteiger partial charge in [-0.05, 0) is 37.1 Å². The summed E-state index contributed by atoms with van der Waals surface area (Å²) in [6, 6.07) is 6.52. The molecule has 17 heavy (non-hydrogen) atoms. The Morgan fingerprint density at radius 2 is 2.00 bits per heavy atom. The number of benzene rings is 1. The highest BCUT2D eigenvalue weighted by atomic mass is 16.3. The van der Waals surface area contributed by atoms with Gasteiger partial charge in [0.2, 0.25) is 0 Å². The number of hydrogen-bond acceptors (Lipinski definition) is 4. The first-order valence-electron chi connectivity index (χ1n) is 5.50. The molecule has 0 saturated heterocycles. The molecule has 1 aliphatic rings. The van der Waals surface area contributed by atoms with Crippen LogP contribution >= 0.6 is 0 Å². The summed E-state index contributed by atoms with van der Waals surface area (Å²) in [6.45, 7) is 0. The van der Waals surface area contributed by atoms with E-state index in [9.17, 15) is 9.90 Å². The van der Waals surface area contributed by atoms with Gasteiger partial charge in [0.05, 0.1) is 11.4 Å². The molecule has 0 unspecified atom stereocenters. The van der Waals surface area contributed by atoms with Crippen molar-refractivity contribution < 1.29 is 9.90 Å². The molecule has 2 aromatic rings. The number of aromatic nitrogens is 3. The minimum Gasteiger partial charge on any atom is -0.508 e. The fourth-order valence-electron chi connectivity index (χ4n) is 1.84. The first-order chi connectivity index (χ1) is 8.29. The van der Waals surface area contributed by atoms with Gasteiger partial charge in [0, 0.05) is 5.92 Å². The lowest BCUT2D eigenvalue weighted by Crippen LogP contribution is -2.02. The predicted molar refractivity (Wildman–Crippen MR) is 60.4 cm³/mol. The third kappa shape index (κ3) is 1.69. The second-order valence-electron chi connectivity index (χ2n) is 4.18. The van der Waals surface area contributed by atoms with Crippen LogP contribution in [-0.2, 0) is 0 Å². The van der Waals surface area contributed by atoms with Crippen LogP contribution < -0.4 is 0 Å². The highest BCUT2D eigenvalue weighted by Gasteiger charge is 2.30. The number of nitrogens with zero attached hydrogens (tertiary/aromatic N) is 3. The molecule has 0 amide bonds. The van der Waals surface area contributed by atoms with E-state index < -0.39 is 0 Å². The Hall–Kier alpha value is -2.17. The van der Waals surface area contributed by atoms with E-state index in [0.29, 0.717) is 11.6 Å². The zero-order valence-corrected chi connectivity index (χ0v) is 9.08. The monoisotopic (exact) mass is 229 g/mol. The zero-order valence-electron chi connectivity index (χ0n) is 9.08. The second-order valence-corrected chi connectivity index (χ2v) is 4.18. The molecule has 1 aliphatic carbocycles. The Balaban J connectivity index is 2.07. The van der Waals surface area contributed by atoms with Crippen LogP contribution in [0, 0.1) is 0 Å². The molecule has 0 aliphatic heterocycles. The van der Waals surface area contributed by atoms with Gasteiger partial charge in [-0.1, -0.05) is 5.21 Å². The minimum absolute atomic E-state index is 0.184. The van der Waals surface area contributed by atoms with E-state index in [4.69, 9.17) is 0 Å². The van der Waals surface area contributed by atoms with Gasteiger partial charge < -0.3 is 5.11 Å². The third-order valence-corrected chi connectivity index (χ3v) is 2.90. The lowest BCUT2D eigenvalue weighted by Gasteiger charge is -2.02. The summed E-state index contributed by atoms with van der Waals surface area (Å²) in [5.41, 5.74) is 2.02. The Bertz CT molecular complexity index is 556. The topological polar surface area (TPSA) is 68.0 Å². The maximum atomic E-state index is 11.1. The average molecular weight is 229 g/mol. The van der Waals surface area contributed by atoms with E-state index in [1.54, 1.807) is 24.3 Å². The highest BCUT2D eigenvalue weighted by Crippen LogP contribution is 2.40. The van der Waals surface area contributed by atoms with E-state index in [1.165, 1.54) is 4.68 Å². The fourth-order valence-corrected chi connectivity index (χ4v) is 1.84. The van der Waals surface area contributed by atoms with Crippen LogP contribution in [0.25, 0.3) is 5.69 Å². The van der Waals surface area contributed by atoms with Crippen LogP contribution in [0.15, 0.2) is 24.3 Å². The van der Waals surface area contributed by atoms with Crippen LogP contribution in [-0.4, -0.2) is 26.4 Å². The number of rotatable bonds is 3. The number of aldehydes is 1. The van der Waals surface area contributed by atoms with Crippen molar-refractivity contribution in [3.8, 4) is 11.4 Å². The van der Waals surface area contributed by atoms with Crippen molar-refractivity contribution in [2.45, 2.75) is 18.8 Å². The first-order valence-corrected chi connectivity index (χ1v) is 5.50. The smallest absolute Gasteiger partial charge is 0.170 e. The van der Waals surface area contributed by atoms with Gasteiger partial charge in [-0.2, -0.15) is 0 Å². The number of hydrogen-bond donors (Lipinski definition) is 1. The molecular weight excluding hydrogens is 218 g/mol. The van der Waals surface area contributed by atoms with E-state index >= 15 is 0 Å². The fraction of sp³-hybridized carbons (Fsp3) is 0.250. The molecule has 1 fully saturated rings. The van der Waals surface area contributed by atoms with Crippen molar-refractivity contribution in [1.29, 1.82) is 0 Å². The average Bonchev–Trinajstić information content (AvgIpc) is 3.10. The molecule has 5 nitrogen and oxygen atoms in total. The van der Waals surface area contributed by atoms with Gasteiger partial charge in [-0.25, -0.2) is 4.68 Å². The van der Waals surface area contributed by atoms with Crippen molar-refractivity contribution in [2.75, 3.05) is 0 Å². The highest BCUT2D eigenvalue weighted by molar-refractivity contribution is 5.75. The molecule has 1 N–H and O–H groups in total. The summed E-state index contributed by atoms with van der Waals surface area (Å²) in [6.07, 6.45) is 2.95. The number of carbonyl (C=O) groups excluding carboxylic acids is 1. The molecule has 1 saturated carbocycles. The lowest BCUT2D eigenvalue weighted by molar-refractivity contribution is 0.111. The van der Waals surface area contributed by atoms with Crippen molar-refractivity contribution in [2.24, 2.45) is 0 Å². The summed E-state index contributed by atoms with van der Waals surface area (Å²) in [5.74, 6) is 0.574. The van der Waals surface area contributed by atoms with E-state index in [1.807, 2.05) is 0 Å². The minimum atomic E-state index is 0.184. The second kappa shape index (κ2) is 3.69. The number of phenolic OH excluding ortho intramolecular Hbond substituents is 1. The standard InChI is InChI=1S/C12H11N3O2/c16-7-11-12(8-1-2-8)13-14-15(11)9-3-5-10(17)6-4-9/h3-8,17H,1-2H2. The molecule has 86 valence electrons. The Labute approximate surface area is 97.7 Å². The Kier molecular flexibility index (Phi) is 2.18. The molecule has 1 heterocycles. The van der Waals surface area contributed by atoms with Gasteiger partial charge in [-0.15, -0.1) is 5.10 Å². The summed E-state index contributed by atoms with van der Waals surface area (Å²) in [5, 5.41) is 17.3.